The first-order chi connectivity index (χ1) is 10.7. The second-order valence-electron chi connectivity index (χ2n) is 6.93. The van der Waals surface area contributed by atoms with Crippen molar-refractivity contribution in [3.8, 4) is 0 Å². The third-order valence-corrected chi connectivity index (χ3v) is 5.47. The molecule has 2 unspecified atom stereocenters. The van der Waals surface area contributed by atoms with Crippen molar-refractivity contribution >= 4 is 0 Å². The second-order valence-corrected chi connectivity index (χ2v) is 6.93. The van der Waals surface area contributed by atoms with Crippen LogP contribution in [0.3, 0.4) is 0 Å². The smallest absolute Gasteiger partial charge is 0.0369 e. The molecule has 0 aromatic heterocycles. The largest absolute Gasteiger partial charge is 0.305 e. The molecule has 2 aromatic rings. The monoisotopic (exact) mass is 292 g/mol. The molecule has 0 spiro atoms. The van der Waals surface area contributed by atoms with Crippen LogP contribution in [0.5, 0.6) is 0 Å². The molecular formula is C20H24N2. The molecule has 2 fully saturated rings. The highest BCUT2D eigenvalue weighted by Gasteiger charge is 2.37. The number of hydrogen-bond acceptors (Lipinski definition) is 2. The van der Waals surface area contributed by atoms with Crippen LogP contribution in [-0.4, -0.2) is 37.0 Å². The molecule has 0 aliphatic carbocycles. The molecule has 2 aliphatic rings. The minimum absolute atomic E-state index is 0.573. The van der Waals surface area contributed by atoms with Gasteiger partial charge in [-0.1, -0.05) is 54.6 Å². The summed E-state index contributed by atoms with van der Waals surface area (Å²) in [5.74, 6) is 0.746. The first kappa shape index (κ1) is 14.0. The third-order valence-electron chi connectivity index (χ3n) is 5.47. The van der Waals surface area contributed by atoms with Gasteiger partial charge in [0.1, 0.15) is 0 Å². The van der Waals surface area contributed by atoms with E-state index in [9.17, 15) is 0 Å². The first-order valence-electron chi connectivity index (χ1n) is 8.27. The SMILES string of the molecule is CN1CC(c2ccc(C3CC(c4ccccc4)N3C)cc2)C1. The summed E-state index contributed by atoms with van der Waals surface area (Å²) in [5.41, 5.74) is 4.41. The predicted molar refractivity (Wildman–Crippen MR) is 91.0 cm³/mol. The first-order valence-corrected chi connectivity index (χ1v) is 8.27. The molecular weight excluding hydrogens is 268 g/mol. The second kappa shape index (κ2) is 5.53. The molecule has 2 aromatic carbocycles. The van der Waals surface area contributed by atoms with Gasteiger partial charge in [-0.15, -0.1) is 0 Å². The molecule has 4 rings (SSSR count). The molecule has 0 bridgehead atoms. The number of likely N-dealkylation sites (tertiary alicyclic amines) is 2. The summed E-state index contributed by atoms with van der Waals surface area (Å²) in [6.07, 6.45) is 1.23. The zero-order chi connectivity index (χ0) is 15.1. The Kier molecular flexibility index (Phi) is 3.51. The van der Waals surface area contributed by atoms with Gasteiger partial charge in [0.2, 0.25) is 0 Å². The summed E-state index contributed by atoms with van der Waals surface area (Å²) < 4.78 is 0. The summed E-state index contributed by atoms with van der Waals surface area (Å²) in [5, 5.41) is 0. The van der Waals surface area contributed by atoms with Crippen LogP contribution in [0.25, 0.3) is 0 Å². The van der Waals surface area contributed by atoms with Crippen LogP contribution in [0.1, 0.15) is 41.1 Å². The molecule has 2 saturated heterocycles. The van der Waals surface area contributed by atoms with E-state index in [2.05, 4.69) is 78.5 Å². The van der Waals surface area contributed by atoms with Crippen LogP contribution in [0.15, 0.2) is 54.6 Å². The molecule has 0 radical (unpaired) electrons. The van der Waals surface area contributed by atoms with Crippen LogP contribution in [-0.2, 0) is 0 Å². The van der Waals surface area contributed by atoms with Gasteiger partial charge in [0.05, 0.1) is 0 Å². The average molecular weight is 292 g/mol. The number of rotatable bonds is 3. The number of hydrogen-bond donors (Lipinski definition) is 0. The van der Waals surface area contributed by atoms with E-state index in [1.165, 1.54) is 36.2 Å². The minimum Gasteiger partial charge on any atom is -0.305 e. The van der Waals surface area contributed by atoms with Crippen molar-refractivity contribution in [1.82, 2.24) is 9.80 Å². The maximum Gasteiger partial charge on any atom is 0.0369 e. The maximum atomic E-state index is 2.50. The van der Waals surface area contributed by atoms with E-state index in [0.29, 0.717) is 12.1 Å². The van der Waals surface area contributed by atoms with Gasteiger partial charge in [0, 0.05) is 31.1 Å². The van der Waals surface area contributed by atoms with Crippen LogP contribution in [0.4, 0.5) is 0 Å². The van der Waals surface area contributed by atoms with E-state index in [1.807, 2.05) is 0 Å². The quantitative estimate of drug-likeness (QED) is 0.848. The lowest BCUT2D eigenvalue weighted by atomic mass is 9.83. The Labute approximate surface area is 133 Å². The van der Waals surface area contributed by atoms with Gasteiger partial charge in [-0.25, -0.2) is 0 Å². The lowest BCUT2D eigenvalue weighted by Crippen LogP contribution is -2.42. The molecule has 2 atom stereocenters. The van der Waals surface area contributed by atoms with Gasteiger partial charge in [-0.05, 0) is 37.2 Å². The zero-order valence-corrected chi connectivity index (χ0v) is 13.4. The van der Waals surface area contributed by atoms with Gasteiger partial charge < -0.3 is 4.90 Å². The Morgan fingerprint density at radius 3 is 1.82 bits per heavy atom. The highest BCUT2D eigenvalue weighted by molar-refractivity contribution is 5.32. The van der Waals surface area contributed by atoms with Crippen molar-refractivity contribution in [1.29, 1.82) is 0 Å². The molecule has 22 heavy (non-hydrogen) atoms. The predicted octanol–water partition coefficient (Wildman–Crippen LogP) is 3.83. The van der Waals surface area contributed by atoms with E-state index in [4.69, 9.17) is 0 Å². The Balaban J connectivity index is 1.43. The van der Waals surface area contributed by atoms with Crippen LogP contribution < -0.4 is 0 Å². The van der Waals surface area contributed by atoms with Gasteiger partial charge in [-0.2, -0.15) is 0 Å². The summed E-state index contributed by atoms with van der Waals surface area (Å²) in [6, 6.07) is 21.4. The van der Waals surface area contributed by atoms with Crippen LogP contribution in [0, 0.1) is 0 Å². The molecule has 2 aliphatic heterocycles. The van der Waals surface area contributed by atoms with Crippen molar-refractivity contribution in [2.24, 2.45) is 0 Å². The normalized spacial score (nSPS) is 26.5. The van der Waals surface area contributed by atoms with Gasteiger partial charge in [0.15, 0.2) is 0 Å². The Bertz CT molecular complexity index is 629. The van der Waals surface area contributed by atoms with Gasteiger partial charge in [0.25, 0.3) is 0 Å². The molecule has 2 heterocycles. The van der Waals surface area contributed by atoms with Crippen molar-refractivity contribution in [3.05, 3.63) is 71.3 Å². The summed E-state index contributed by atoms with van der Waals surface area (Å²) in [6.45, 7) is 2.41. The Morgan fingerprint density at radius 1 is 0.727 bits per heavy atom. The fraction of sp³-hybridized carbons (Fsp3) is 0.400. The highest BCUT2D eigenvalue weighted by atomic mass is 15.2. The number of nitrogens with zero attached hydrogens (tertiary/aromatic N) is 2. The molecule has 0 amide bonds. The Hall–Kier alpha value is -1.64. The topological polar surface area (TPSA) is 6.48 Å². The van der Waals surface area contributed by atoms with Crippen molar-refractivity contribution < 1.29 is 0 Å². The Morgan fingerprint density at radius 2 is 1.27 bits per heavy atom. The number of likely N-dealkylation sites (N-methyl/N-ethyl adjacent to an activating group) is 1. The van der Waals surface area contributed by atoms with E-state index in [-0.39, 0.29) is 0 Å². The van der Waals surface area contributed by atoms with E-state index in [1.54, 1.807) is 0 Å². The fourth-order valence-electron chi connectivity index (χ4n) is 3.94. The lowest BCUT2D eigenvalue weighted by molar-refractivity contribution is 0.0422. The number of benzene rings is 2. The average Bonchev–Trinajstić information content (AvgIpc) is 2.52. The van der Waals surface area contributed by atoms with E-state index >= 15 is 0 Å². The van der Waals surface area contributed by atoms with Crippen molar-refractivity contribution in [3.63, 3.8) is 0 Å². The summed E-state index contributed by atoms with van der Waals surface area (Å²) >= 11 is 0. The zero-order valence-electron chi connectivity index (χ0n) is 13.4. The highest BCUT2D eigenvalue weighted by Crippen LogP contribution is 2.46. The van der Waals surface area contributed by atoms with Crippen LogP contribution >= 0.6 is 0 Å². The maximum absolute atomic E-state index is 2.50. The van der Waals surface area contributed by atoms with Crippen molar-refractivity contribution in [2.45, 2.75) is 24.4 Å². The standard InChI is InChI=1S/C20H24N2/c1-21-13-18(14-21)15-8-10-17(11-9-15)20-12-19(22(20)2)16-6-4-3-5-7-16/h3-11,18-20H,12-14H2,1-2H3. The lowest BCUT2D eigenvalue weighted by Gasteiger charge is -2.47. The van der Waals surface area contributed by atoms with Crippen molar-refractivity contribution in [2.75, 3.05) is 27.2 Å². The third kappa shape index (κ3) is 2.37. The molecule has 2 nitrogen and oxygen atoms in total. The molecule has 2 heteroatoms. The van der Waals surface area contributed by atoms with Gasteiger partial charge >= 0.3 is 0 Å². The van der Waals surface area contributed by atoms with Gasteiger partial charge in [-0.3, -0.25) is 4.90 Å². The summed E-state index contributed by atoms with van der Waals surface area (Å²) in [7, 11) is 4.44. The minimum atomic E-state index is 0.573. The van der Waals surface area contributed by atoms with Crippen LogP contribution in [0.2, 0.25) is 0 Å². The molecule has 114 valence electrons. The molecule has 0 saturated carbocycles. The van der Waals surface area contributed by atoms with E-state index in [0.717, 1.165) is 5.92 Å². The van der Waals surface area contributed by atoms with E-state index < -0.39 is 0 Å². The summed E-state index contributed by atoms with van der Waals surface area (Å²) in [4.78, 5) is 4.88. The molecule has 0 N–H and O–H groups in total. The fourth-order valence-corrected chi connectivity index (χ4v) is 3.94.